The Kier molecular flexibility index (Phi) is 5.66. The smallest absolute Gasteiger partial charge is 0.325 e. The van der Waals surface area contributed by atoms with Crippen molar-refractivity contribution in [2.24, 2.45) is 5.92 Å². The van der Waals surface area contributed by atoms with Gasteiger partial charge in [0, 0.05) is 25.0 Å². The molecule has 1 N–H and O–H groups in total. The minimum Gasteiger partial charge on any atom is -0.337 e. The normalized spacial score (nSPS) is 29.4. The molecule has 0 bridgehead atoms. The first-order chi connectivity index (χ1) is 13.5. The quantitative estimate of drug-likeness (QED) is 0.677. The predicted molar refractivity (Wildman–Crippen MR) is 107 cm³/mol. The summed E-state index contributed by atoms with van der Waals surface area (Å²) in [5, 5.41) is 2.92. The number of urea groups is 1. The van der Waals surface area contributed by atoms with Crippen LogP contribution in [0.3, 0.4) is 0 Å². The van der Waals surface area contributed by atoms with E-state index < -0.39 is 5.54 Å². The Bertz CT molecular complexity index is 617. The molecule has 0 radical (unpaired) electrons. The molecule has 0 aromatic heterocycles. The Balaban J connectivity index is 1.28. The average Bonchev–Trinajstić information content (AvgIpc) is 3.36. The number of carbonyl (C=O) groups excluding carboxylic acids is 3. The molecule has 1 heterocycles. The zero-order valence-electron chi connectivity index (χ0n) is 17.3. The molecule has 6 nitrogen and oxygen atoms in total. The maximum Gasteiger partial charge on any atom is 0.325 e. The first-order valence-corrected chi connectivity index (χ1v) is 11.5. The fourth-order valence-electron chi connectivity index (χ4n) is 5.60. The van der Waals surface area contributed by atoms with Crippen molar-refractivity contribution in [2.75, 3.05) is 6.54 Å². The van der Waals surface area contributed by atoms with Crippen LogP contribution < -0.4 is 5.32 Å². The third kappa shape index (κ3) is 3.79. The molecule has 0 aromatic rings. The molecular weight excluding hydrogens is 354 g/mol. The summed E-state index contributed by atoms with van der Waals surface area (Å²) >= 11 is 0. The lowest BCUT2D eigenvalue weighted by Crippen LogP contribution is -2.44. The Morgan fingerprint density at radius 1 is 1.07 bits per heavy atom. The number of rotatable bonds is 7. The third-order valence-electron chi connectivity index (χ3n) is 7.49. The van der Waals surface area contributed by atoms with Gasteiger partial charge in [-0.25, -0.2) is 4.79 Å². The van der Waals surface area contributed by atoms with Crippen molar-refractivity contribution in [1.29, 1.82) is 0 Å². The lowest BCUT2D eigenvalue weighted by molar-refractivity contribution is -0.136. The highest BCUT2D eigenvalue weighted by Crippen LogP contribution is 2.37. The van der Waals surface area contributed by atoms with Crippen LogP contribution in [-0.2, 0) is 9.59 Å². The second-order valence-electron chi connectivity index (χ2n) is 9.39. The SMILES string of the molecule is CCC1CCC(N(C(=O)CCCN2C(=O)NC3(CCCC3)C2=O)C2CC2)CC1. The van der Waals surface area contributed by atoms with Crippen LogP contribution in [0.2, 0.25) is 0 Å². The number of amides is 4. The van der Waals surface area contributed by atoms with E-state index in [1.165, 1.54) is 24.2 Å². The molecule has 1 aliphatic heterocycles. The van der Waals surface area contributed by atoms with Gasteiger partial charge in [-0.2, -0.15) is 0 Å². The van der Waals surface area contributed by atoms with Crippen LogP contribution >= 0.6 is 0 Å². The standard InChI is InChI=1S/C22H35N3O3/c1-2-16-7-9-17(10-8-16)25(18-11-12-18)19(26)6-5-15-24-20(27)22(23-21(24)28)13-3-4-14-22/h16-18H,2-15H2,1H3,(H,23,28). The molecule has 1 spiro atoms. The van der Waals surface area contributed by atoms with Gasteiger partial charge in [-0.1, -0.05) is 26.2 Å². The topological polar surface area (TPSA) is 69.7 Å². The molecule has 4 fully saturated rings. The number of hydrogen-bond donors (Lipinski definition) is 1. The molecule has 0 aromatic carbocycles. The first-order valence-electron chi connectivity index (χ1n) is 11.5. The molecule has 28 heavy (non-hydrogen) atoms. The highest BCUT2D eigenvalue weighted by Gasteiger charge is 2.52. The van der Waals surface area contributed by atoms with Gasteiger partial charge < -0.3 is 10.2 Å². The van der Waals surface area contributed by atoms with Gasteiger partial charge in [0.2, 0.25) is 5.91 Å². The van der Waals surface area contributed by atoms with Crippen molar-refractivity contribution in [3.05, 3.63) is 0 Å². The molecule has 3 saturated carbocycles. The second-order valence-corrected chi connectivity index (χ2v) is 9.39. The number of nitrogens with zero attached hydrogens (tertiary/aromatic N) is 2. The summed E-state index contributed by atoms with van der Waals surface area (Å²) in [5.41, 5.74) is -0.640. The van der Waals surface area contributed by atoms with Crippen molar-refractivity contribution >= 4 is 17.8 Å². The Labute approximate surface area is 168 Å². The Morgan fingerprint density at radius 2 is 1.68 bits per heavy atom. The summed E-state index contributed by atoms with van der Waals surface area (Å²) in [6, 6.07) is 0.576. The number of hydrogen-bond acceptors (Lipinski definition) is 3. The van der Waals surface area contributed by atoms with E-state index in [2.05, 4.69) is 17.1 Å². The number of nitrogens with one attached hydrogen (secondary N) is 1. The average molecular weight is 390 g/mol. The van der Waals surface area contributed by atoms with Crippen molar-refractivity contribution in [3.63, 3.8) is 0 Å². The third-order valence-corrected chi connectivity index (χ3v) is 7.49. The van der Waals surface area contributed by atoms with Gasteiger partial charge in [-0.3, -0.25) is 14.5 Å². The van der Waals surface area contributed by atoms with Crippen LogP contribution in [0.5, 0.6) is 0 Å². The van der Waals surface area contributed by atoms with E-state index in [0.717, 1.165) is 57.3 Å². The summed E-state index contributed by atoms with van der Waals surface area (Å²) in [7, 11) is 0. The minimum atomic E-state index is -0.640. The van der Waals surface area contributed by atoms with E-state index in [0.29, 0.717) is 31.5 Å². The van der Waals surface area contributed by atoms with Crippen LogP contribution in [0.15, 0.2) is 0 Å². The molecule has 4 aliphatic rings. The largest absolute Gasteiger partial charge is 0.337 e. The van der Waals surface area contributed by atoms with Crippen molar-refractivity contribution in [3.8, 4) is 0 Å². The predicted octanol–water partition coefficient (Wildman–Crippen LogP) is 3.59. The van der Waals surface area contributed by atoms with Gasteiger partial charge in [-0.05, 0) is 63.7 Å². The second kappa shape index (κ2) is 8.03. The lowest BCUT2D eigenvalue weighted by atomic mass is 9.83. The maximum atomic E-state index is 13.0. The molecule has 1 saturated heterocycles. The zero-order valence-corrected chi connectivity index (χ0v) is 17.3. The number of carbonyl (C=O) groups is 3. The first kappa shape index (κ1) is 19.7. The van der Waals surface area contributed by atoms with E-state index in [9.17, 15) is 14.4 Å². The van der Waals surface area contributed by atoms with E-state index in [-0.39, 0.29) is 17.8 Å². The van der Waals surface area contributed by atoms with Crippen molar-refractivity contribution in [2.45, 2.75) is 108 Å². The van der Waals surface area contributed by atoms with Gasteiger partial charge in [-0.15, -0.1) is 0 Å². The van der Waals surface area contributed by atoms with Gasteiger partial charge in [0.1, 0.15) is 5.54 Å². The lowest BCUT2D eigenvalue weighted by Gasteiger charge is -2.37. The molecule has 4 rings (SSSR count). The number of imide groups is 1. The van der Waals surface area contributed by atoms with Crippen molar-refractivity contribution in [1.82, 2.24) is 15.1 Å². The monoisotopic (exact) mass is 389 g/mol. The van der Waals surface area contributed by atoms with E-state index in [1.807, 2.05) is 0 Å². The molecule has 0 unspecified atom stereocenters. The minimum absolute atomic E-state index is 0.0700. The summed E-state index contributed by atoms with van der Waals surface area (Å²) in [5.74, 6) is 0.986. The van der Waals surface area contributed by atoms with E-state index in [4.69, 9.17) is 0 Å². The summed E-state index contributed by atoms with van der Waals surface area (Å²) in [4.78, 5) is 41.5. The van der Waals surface area contributed by atoms with Crippen LogP contribution in [0.25, 0.3) is 0 Å². The highest BCUT2D eigenvalue weighted by molar-refractivity contribution is 6.07. The summed E-state index contributed by atoms with van der Waals surface area (Å²) < 4.78 is 0. The van der Waals surface area contributed by atoms with E-state index in [1.54, 1.807) is 0 Å². The van der Waals surface area contributed by atoms with Crippen LogP contribution in [0.1, 0.15) is 90.4 Å². The fraction of sp³-hybridized carbons (Fsp3) is 0.864. The zero-order chi connectivity index (χ0) is 19.7. The van der Waals surface area contributed by atoms with Gasteiger partial charge in [0.05, 0.1) is 0 Å². The highest BCUT2D eigenvalue weighted by atomic mass is 16.2. The van der Waals surface area contributed by atoms with Gasteiger partial charge in [0.25, 0.3) is 5.91 Å². The summed E-state index contributed by atoms with van der Waals surface area (Å²) in [6.45, 7) is 2.62. The fourth-order valence-corrected chi connectivity index (χ4v) is 5.60. The molecular formula is C22H35N3O3. The molecule has 4 amide bonds. The van der Waals surface area contributed by atoms with Gasteiger partial charge >= 0.3 is 6.03 Å². The Hall–Kier alpha value is -1.59. The Morgan fingerprint density at radius 3 is 2.25 bits per heavy atom. The molecule has 0 atom stereocenters. The molecule has 6 heteroatoms. The van der Waals surface area contributed by atoms with Crippen LogP contribution in [0.4, 0.5) is 4.79 Å². The molecule has 3 aliphatic carbocycles. The van der Waals surface area contributed by atoms with Crippen LogP contribution in [-0.4, -0.2) is 51.8 Å². The maximum absolute atomic E-state index is 13.0. The van der Waals surface area contributed by atoms with Crippen molar-refractivity contribution < 1.29 is 14.4 Å². The van der Waals surface area contributed by atoms with Crippen LogP contribution in [0, 0.1) is 5.92 Å². The molecule has 156 valence electrons. The van der Waals surface area contributed by atoms with E-state index >= 15 is 0 Å². The summed E-state index contributed by atoms with van der Waals surface area (Å²) in [6.07, 6.45) is 12.8. The van der Waals surface area contributed by atoms with Gasteiger partial charge in [0.15, 0.2) is 0 Å².